The third-order valence-corrected chi connectivity index (χ3v) is 1.28. The quantitative estimate of drug-likeness (QED) is 0.457. The number of rotatable bonds is 5. The molecule has 10 heavy (non-hydrogen) atoms. The van der Waals surface area contributed by atoms with Crippen molar-refractivity contribution in [1.29, 1.82) is 0 Å². The van der Waals surface area contributed by atoms with Crippen molar-refractivity contribution in [3.05, 3.63) is 0 Å². The molecule has 4 N–H and O–H groups in total. The molecule has 0 aliphatic rings. The number of carbonyl (C=O) groups is 1. The van der Waals surface area contributed by atoms with E-state index in [4.69, 9.17) is 10.8 Å². The van der Waals surface area contributed by atoms with Crippen molar-refractivity contribution >= 4 is 5.91 Å². The van der Waals surface area contributed by atoms with E-state index in [1.807, 2.05) is 6.92 Å². The van der Waals surface area contributed by atoms with Crippen LogP contribution >= 0.6 is 0 Å². The molecule has 0 heterocycles. The van der Waals surface area contributed by atoms with Crippen LogP contribution in [0, 0.1) is 0 Å². The molecule has 0 bridgehead atoms. The Bertz CT molecular complexity index is 102. The average Bonchev–Trinajstić information content (AvgIpc) is 1.90. The van der Waals surface area contributed by atoms with Crippen molar-refractivity contribution in [2.75, 3.05) is 13.2 Å². The number of primary amides is 1. The van der Waals surface area contributed by atoms with E-state index in [9.17, 15) is 4.79 Å². The number of carbonyl (C=O) groups excluding carboxylic acids is 1. The second-order valence-electron chi connectivity index (χ2n) is 2.13. The van der Waals surface area contributed by atoms with Crippen LogP contribution in [0.25, 0.3) is 0 Å². The third-order valence-electron chi connectivity index (χ3n) is 1.28. The number of aliphatic hydroxyl groups excluding tert-OH is 1. The summed E-state index contributed by atoms with van der Waals surface area (Å²) in [5, 5.41) is 11.4. The lowest BCUT2D eigenvalue weighted by atomic mass is 10.2. The number of hydrogen-bond acceptors (Lipinski definition) is 3. The first-order chi connectivity index (χ1) is 4.70. The molecule has 1 atom stereocenters. The van der Waals surface area contributed by atoms with Gasteiger partial charge in [-0.15, -0.1) is 0 Å². The molecule has 1 unspecified atom stereocenters. The van der Waals surface area contributed by atoms with E-state index in [0.717, 1.165) is 6.42 Å². The summed E-state index contributed by atoms with van der Waals surface area (Å²) in [6.45, 7) is 2.11. The Kier molecular flexibility index (Phi) is 4.88. The highest BCUT2D eigenvalue weighted by atomic mass is 16.3. The zero-order chi connectivity index (χ0) is 7.98. The van der Waals surface area contributed by atoms with Gasteiger partial charge >= 0.3 is 0 Å². The van der Waals surface area contributed by atoms with E-state index in [1.165, 1.54) is 0 Å². The normalized spacial score (nSPS) is 13.0. The number of aliphatic hydroxyl groups is 1. The lowest BCUT2D eigenvalue weighted by Gasteiger charge is -2.11. The summed E-state index contributed by atoms with van der Waals surface area (Å²) in [7, 11) is 0. The van der Waals surface area contributed by atoms with Crippen LogP contribution in [0.2, 0.25) is 0 Å². The summed E-state index contributed by atoms with van der Waals surface area (Å²) in [5.74, 6) is -0.396. The Morgan fingerprint density at radius 2 is 2.40 bits per heavy atom. The molecule has 0 spiro atoms. The van der Waals surface area contributed by atoms with Gasteiger partial charge in [0.1, 0.15) is 0 Å². The molecule has 0 rings (SSSR count). The number of nitrogens with one attached hydrogen (secondary N) is 1. The molecule has 4 heteroatoms. The molecular weight excluding hydrogens is 132 g/mol. The van der Waals surface area contributed by atoms with Gasteiger partial charge in [0, 0.05) is 6.04 Å². The van der Waals surface area contributed by atoms with Crippen LogP contribution in [0.1, 0.15) is 13.3 Å². The zero-order valence-electron chi connectivity index (χ0n) is 6.13. The zero-order valence-corrected chi connectivity index (χ0v) is 6.13. The third kappa shape index (κ3) is 4.29. The second kappa shape index (κ2) is 5.20. The highest BCUT2D eigenvalue weighted by molar-refractivity contribution is 5.75. The van der Waals surface area contributed by atoms with Crippen molar-refractivity contribution < 1.29 is 9.90 Å². The van der Waals surface area contributed by atoms with E-state index < -0.39 is 5.91 Å². The van der Waals surface area contributed by atoms with E-state index in [-0.39, 0.29) is 19.2 Å². The monoisotopic (exact) mass is 146 g/mol. The van der Waals surface area contributed by atoms with E-state index in [2.05, 4.69) is 5.32 Å². The molecule has 0 aliphatic heterocycles. The van der Waals surface area contributed by atoms with Crippen molar-refractivity contribution in [2.24, 2.45) is 5.73 Å². The largest absolute Gasteiger partial charge is 0.395 e. The number of hydrogen-bond donors (Lipinski definition) is 3. The predicted molar refractivity (Wildman–Crippen MR) is 38.4 cm³/mol. The second-order valence-corrected chi connectivity index (χ2v) is 2.13. The van der Waals surface area contributed by atoms with Gasteiger partial charge in [-0.1, -0.05) is 6.92 Å². The Balaban J connectivity index is 3.34. The maximum Gasteiger partial charge on any atom is 0.231 e. The number of nitrogens with two attached hydrogens (primary N) is 1. The van der Waals surface area contributed by atoms with Crippen molar-refractivity contribution in [1.82, 2.24) is 5.32 Å². The van der Waals surface area contributed by atoms with Crippen LogP contribution in [0.4, 0.5) is 0 Å². The first kappa shape index (κ1) is 9.39. The summed E-state index contributed by atoms with van der Waals surface area (Å²) in [4.78, 5) is 10.2. The van der Waals surface area contributed by atoms with Gasteiger partial charge in [-0.05, 0) is 6.42 Å². The van der Waals surface area contributed by atoms with Gasteiger partial charge in [0.25, 0.3) is 0 Å². The Morgan fingerprint density at radius 1 is 1.80 bits per heavy atom. The molecule has 0 fully saturated rings. The lowest BCUT2D eigenvalue weighted by Crippen LogP contribution is -2.38. The van der Waals surface area contributed by atoms with Crippen molar-refractivity contribution in [3.8, 4) is 0 Å². The Labute approximate surface area is 60.4 Å². The van der Waals surface area contributed by atoms with E-state index in [0.29, 0.717) is 0 Å². The van der Waals surface area contributed by atoms with Gasteiger partial charge in [-0.25, -0.2) is 0 Å². The summed E-state index contributed by atoms with van der Waals surface area (Å²) >= 11 is 0. The van der Waals surface area contributed by atoms with Gasteiger partial charge in [0.15, 0.2) is 0 Å². The fraction of sp³-hybridized carbons (Fsp3) is 0.833. The molecule has 0 aromatic rings. The SMILES string of the molecule is CCC(CO)NCC(N)=O. The van der Waals surface area contributed by atoms with Crippen molar-refractivity contribution in [3.63, 3.8) is 0 Å². The molecule has 0 saturated carbocycles. The molecule has 0 radical (unpaired) electrons. The number of amides is 1. The van der Waals surface area contributed by atoms with Gasteiger partial charge < -0.3 is 16.2 Å². The van der Waals surface area contributed by atoms with Gasteiger partial charge in [-0.2, -0.15) is 0 Å². The average molecular weight is 146 g/mol. The fourth-order valence-corrected chi connectivity index (χ4v) is 0.583. The standard InChI is InChI=1S/C6H14N2O2/c1-2-5(4-9)8-3-6(7)10/h5,8-9H,2-4H2,1H3,(H2,7,10). The molecule has 1 amide bonds. The molecule has 60 valence electrons. The highest BCUT2D eigenvalue weighted by Crippen LogP contribution is 1.86. The Morgan fingerprint density at radius 3 is 2.70 bits per heavy atom. The highest BCUT2D eigenvalue weighted by Gasteiger charge is 2.03. The topological polar surface area (TPSA) is 75.3 Å². The molecular formula is C6H14N2O2. The summed E-state index contributed by atoms with van der Waals surface area (Å²) in [5.41, 5.74) is 4.87. The van der Waals surface area contributed by atoms with Crippen LogP contribution in [0.3, 0.4) is 0 Å². The minimum absolute atomic E-state index is 0.00694. The summed E-state index contributed by atoms with van der Waals surface area (Å²) in [6.07, 6.45) is 0.795. The predicted octanol–water partition coefficient (Wildman–Crippen LogP) is -1.17. The summed E-state index contributed by atoms with van der Waals surface area (Å²) < 4.78 is 0. The van der Waals surface area contributed by atoms with Crippen LogP contribution in [0.15, 0.2) is 0 Å². The minimum atomic E-state index is -0.396. The van der Waals surface area contributed by atoms with Crippen LogP contribution in [-0.2, 0) is 4.79 Å². The van der Waals surface area contributed by atoms with Crippen LogP contribution < -0.4 is 11.1 Å². The molecule has 0 aliphatic carbocycles. The van der Waals surface area contributed by atoms with Gasteiger partial charge in [-0.3, -0.25) is 4.79 Å². The first-order valence-corrected chi connectivity index (χ1v) is 3.33. The van der Waals surface area contributed by atoms with Crippen LogP contribution in [-0.4, -0.2) is 30.2 Å². The minimum Gasteiger partial charge on any atom is -0.395 e. The smallest absolute Gasteiger partial charge is 0.231 e. The van der Waals surface area contributed by atoms with Gasteiger partial charge in [0.2, 0.25) is 5.91 Å². The molecule has 0 aromatic carbocycles. The fourth-order valence-electron chi connectivity index (χ4n) is 0.583. The summed E-state index contributed by atoms with van der Waals surface area (Å²) in [6, 6.07) is -0.00694. The van der Waals surface area contributed by atoms with Crippen LogP contribution in [0.5, 0.6) is 0 Å². The maximum absolute atomic E-state index is 10.2. The van der Waals surface area contributed by atoms with E-state index >= 15 is 0 Å². The molecule has 4 nitrogen and oxygen atoms in total. The first-order valence-electron chi connectivity index (χ1n) is 3.33. The maximum atomic E-state index is 10.2. The molecule has 0 aromatic heterocycles. The van der Waals surface area contributed by atoms with E-state index in [1.54, 1.807) is 0 Å². The lowest BCUT2D eigenvalue weighted by molar-refractivity contribution is -0.117. The molecule has 0 saturated heterocycles. The van der Waals surface area contributed by atoms with Gasteiger partial charge in [0.05, 0.1) is 13.2 Å². The van der Waals surface area contributed by atoms with Crippen molar-refractivity contribution in [2.45, 2.75) is 19.4 Å². The Hall–Kier alpha value is -0.610.